The zero-order valence-corrected chi connectivity index (χ0v) is 18.1. The topological polar surface area (TPSA) is 48.9 Å². The summed E-state index contributed by atoms with van der Waals surface area (Å²) in [4.78, 5) is 7.73. The average molecular weight is 401 g/mol. The molecule has 2 N–H and O–H groups in total. The van der Waals surface area contributed by atoms with Gasteiger partial charge in [0.2, 0.25) is 0 Å². The van der Waals surface area contributed by atoms with Crippen LogP contribution in [0, 0.1) is 0 Å². The maximum Gasteiger partial charge on any atom is 0.191 e. The lowest BCUT2D eigenvalue weighted by Crippen LogP contribution is -2.39. The van der Waals surface area contributed by atoms with Crippen molar-refractivity contribution in [2.75, 3.05) is 40.8 Å². The molecule has 0 bridgehead atoms. The van der Waals surface area contributed by atoms with Gasteiger partial charge in [-0.3, -0.25) is 4.99 Å². The van der Waals surface area contributed by atoms with Crippen LogP contribution < -0.4 is 15.4 Å². The minimum atomic E-state index is 0.433. The molecule has 0 aliphatic heterocycles. The summed E-state index contributed by atoms with van der Waals surface area (Å²) in [5.41, 5.74) is 1.12. The molecule has 2 aromatic carbocycles. The maximum absolute atomic E-state index is 5.93. The van der Waals surface area contributed by atoms with Crippen molar-refractivity contribution in [3.63, 3.8) is 0 Å². The predicted molar refractivity (Wildman–Crippen MR) is 120 cm³/mol. The van der Waals surface area contributed by atoms with Gasteiger partial charge in [0.1, 0.15) is 12.4 Å². The summed E-state index contributed by atoms with van der Waals surface area (Å²) in [7, 11) is 5.89. The maximum atomic E-state index is 5.93. The van der Waals surface area contributed by atoms with E-state index in [2.05, 4.69) is 57.8 Å². The molecule has 0 amide bonds. The van der Waals surface area contributed by atoms with Crippen LogP contribution in [-0.4, -0.2) is 56.9 Å². The van der Waals surface area contributed by atoms with E-state index in [0.717, 1.165) is 30.4 Å². The number of ether oxygens (including phenoxy) is 1. The van der Waals surface area contributed by atoms with Gasteiger partial charge in [-0.2, -0.15) is 0 Å². The number of hydrogen-bond donors (Lipinski definition) is 2. The molecule has 2 rings (SSSR count). The van der Waals surface area contributed by atoms with Crippen LogP contribution >= 0.6 is 11.8 Å². The minimum absolute atomic E-state index is 0.433. The largest absolute Gasteiger partial charge is 0.492 e. The van der Waals surface area contributed by atoms with Crippen molar-refractivity contribution < 1.29 is 4.74 Å². The monoisotopic (exact) mass is 400 g/mol. The van der Waals surface area contributed by atoms with Gasteiger partial charge in [0.25, 0.3) is 0 Å². The van der Waals surface area contributed by atoms with E-state index in [4.69, 9.17) is 4.74 Å². The Labute approximate surface area is 173 Å². The van der Waals surface area contributed by atoms with Gasteiger partial charge in [-0.25, -0.2) is 0 Å². The van der Waals surface area contributed by atoms with Crippen molar-refractivity contribution in [2.24, 2.45) is 4.99 Å². The van der Waals surface area contributed by atoms with E-state index in [-0.39, 0.29) is 0 Å². The number of benzene rings is 2. The highest BCUT2D eigenvalue weighted by molar-refractivity contribution is 8.00. The van der Waals surface area contributed by atoms with Crippen LogP contribution in [0.25, 0.3) is 0 Å². The lowest BCUT2D eigenvalue weighted by molar-refractivity contribution is 0.259. The Hall–Kier alpha value is -2.18. The Morgan fingerprint density at radius 3 is 2.50 bits per heavy atom. The van der Waals surface area contributed by atoms with Gasteiger partial charge in [0, 0.05) is 42.4 Å². The Bertz CT molecular complexity index is 721. The number of nitrogens with one attached hydrogen (secondary N) is 2. The molecule has 0 heterocycles. The molecule has 0 fully saturated rings. The second-order valence-corrected chi connectivity index (χ2v) is 8.32. The molecular weight excluding hydrogens is 368 g/mol. The summed E-state index contributed by atoms with van der Waals surface area (Å²) in [6, 6.07) is 18.6. The number of para-hydroxylation sites is 1. The summed E-state index contributed by atoms with van der Waals surface area (Å²) in [6.07, 6.45) is 0. The lowest BCUT2D eigenvalue weighted by Gasteiger charge is -2.17. The highest BCUT2D eigenvalue weighted by Gasteiger charge is 2.08. The predicted octanol–water partition coefficient (Wildman–Crippen LogP) is 3.47. The molecule has 28 heavy (non-hydrogen) atoms. The Balaban J connectivity index is 1.80. The molecule has 0 saturated heterocycles. The molecular formula is C22H32N4OS. The minimum Gasteiger partial charge on any atom is -0.492 e. The Kier molecular flexibility index (Phi) is 9.72. The molecule has 0 saturated carbocycles. The first-order valence-electron chi connectivity index (χ1n) is 9.60. The molecule has 1 unspecified atom stereocenters. The van der Waals surface area contributed by atoms with Crippen LogP contribution in [0.4, 0.5) is 0 Å². The SMILES string of the molecule is CN=C(NCc1ccccc1OCCN(C)C)NCC(C)Sc1ccccc1. The third kappa shape index (κ3) is 8.23. The van der Waals surface area contributed by atoms with Crippen molar-refractivity contribution in [2.45, 2.75) is 23.6 Å². The van der Waals surface area contributed by atoms with Crippen molar-refractivity contribution >= 4 is 17.7 Å². The van der Waals surface area contributed by atoms with Gasteiger partial charge in [-0.1, -0.05) is 43.3 Å². The fourth-order valence-electron chi connectivity index (χ4n) is 2.54. The smallest absolute Gasteiger partial charge is 0.191 e. The lowest BCUT2D eigenvalue weighted by atomic mass is 10.2. The Morgan fingerprint density at radius 1 is 1.07 bits per heavy atom. The number of hydrogen-bond acceptors (Lipinski definition) is 4. The van der Waals surface area contributed by atoms with E-state index in [1.165, 1.54) is 4.90 Å². The number of aliphatic imine (C=N–C) groups is 1. The van der Waals surface area contributed by atoms with Crippen LogP contribution in [0.1, 0.15) is 12.5 Å². The molecule has 0 spiro atoms. The first-order valence-corrected chi connectivity index (χ1v) is 10.5. The second kappa shape index (κ2) is 12.3. The summed E-state index contributed by atoms with van der Waals surface area (Å²) < 4.78 is 5.93. The second-order valence-electron chi connectivity index (χ2n) is 6.81. The van der Waals surface area contributed by atoms with Gasteiger partial charge < -0.3 is 20.3 Å². The van der Waals surface area contributed by atoms with Crippen LogP contribution in [0.15, 0.2) is 64.5 Å². The van der Waals surface area contributed by atoms with Gasteiger partial charge in [0.05, 0.1) is 0 Å². The first kappa shape index (κ1) is 22.1. The molecule has 5 nitrogen and oxygen atoms in total. The van der Waals surface area contributed by atoms with Gasteiger partial charge in [0.15, 0.2) is 5.96 Å². The highest BCUT2D eigenvalue weighted by Crippen LogP contribution is 2.22. The van der Waals surface area contributed by atoms with Crippen LogP contribution in [0.3, 0.4) is 0 Å². The highest BCUT2D eigenvalue weighted by atomic mass is 32.2. The molecule has 152 valence electrons. The van der Waals surface area contributed by atoms with E-state index in [1.807, 2.05) is 50.1 Å². The molecule has 2 aromatic rings. The summed E-state index contributed by atoms with van der Waals surface area (Å²) >= 11 is 1.86. The van der Waals surface area contributed by atoms with Crippen molar-refractivity contribution in [3.05, 3.63) is 60.2 Å². The molecule has 0 radical (unpaired) electrons. The van der Waals surface area contributed by atoms with Crippen molar-refractivity contribution in [1.29, 1.82) is 0 Å². The number of guanidine groups is 1. The average Bonchev–Trinajstić information content (AvgIpc) is 2.69. The standard InChI is InChI=1S/C22H32N4OS/c1-18(28-20-11-6-5-7-12-20)16-24-22(23-2)25-17-19-10-8-9-13-21(19)27-15-14-26(3)4/h5-13,18H,14-17H2,1-4H3,(H2,23,24,25). The normalized spacial score (nSPS) is 12.7. The summed E-state index contributed by atoms with van der Waals surface area (Å²) in [5.74, 6) is 1.71. The van der Waals surface area contributed by atoms with Crippen LogP contribution in [0.2, 0.25) is 0 Å². The Morgan fingerprint density at radius 2 is 1.79 bits per heavy atom. The fourth-order valence-corrected chi connectivity index (χ4v) is 3.49. The third-order valence-corrected chi connectivity index (χ3v) is 5.19. The third-order valence-electron chi connectivity index (χ3n) is 4.08. The van der Waals surface area contributed by atoms with E-state index in [0.29, 0.717) is 18.4 Å². The van der Waals surface area contributed by atoms with Crippen molar-refractivity contribution in [1.82, 2.24) is 15.5 Å². The van der Waals surface area contributed by atoms with E-state index >= 15 is 0 Å². The molecule has 0 aromatic heterocycles. The summed E-state index contributed by atoms with van der Waals surface area (Å²) in [5, 5.41) is 7.22. The molecule has 1 atom stereocenters. The number of thioether (sulfide) groups is 1. The summed E-state index contributed by atoms with van der Waals surface area (Å²) in [6.45, 7) is 5.28. The van der Waals surface area contributed by atoms with Crippen LogP contribution in [-0.2, 0) is 6.54 Å². The van der Waals surface area contributed by atoms with Gasteiger partial charge >= 0.3 is 0 Å². The van der Waals surface area contributed by atoms with Gasteiger partial charge in [-0.15, -0.1) is 11.8 Å². The number of rotatable bonds is 10. The fraction of sp³-hybridized carbons (Fsp3) is 0.409. The number of nitrogens with zero attached hydrogens (tertiary/aromatic N) is 2. The van der Waals surface area contributed by atoms with E-state index < -0.39 is 0 Å². The first-order chi connectivity index (χ1) is 13.6. The van der Waals surface area contributed by atoms with E-state index in [9.17, 15) is 0 Å². The number of likely N-dealkylation sites (N-methyl/N-ethyl adjacent to an activating group) is 1. The zero-order chi connectivity index (χ0) is 20.2. The zero-order valence-electron chi connectivity index (χ0n) is 17.3. The molecule has 0 aliphatic rings. The van der Waals surface area contributed by atoms with Gasteiger partial charge in [-0.05, 0) is 32.3 Å². The van der Waals surface area contributed by atoms with Crippen LogP contribution in [0.5, 0.6) is 5.75 Å². The van der Waals surface area contributed by atoms with E-state index in [1.54, 1.807) is 7.05 Å². The molecule has 0 aliphatic carbocycles. The quantitative estimate of drug-likeness (QED) is 0.363. The van der Waals surface area contributed by atoms with Crippen molar-refractivity contribution in [3.8, 4) is 5.75 Å². The molecule has 6 heteroatoms.